The van der Waals surface area contributed by atoms with Crippen LogP contribution in [0.4, 0.5) is 0 Å². The molecule has 156 valence electrons. The lowest BCUT2D eigenvalue weighted by molar-refractivity contribution is 0.00952. The average molecular weight is 436 g/mol. The van der Waals surface area contributed by atoms with Crippen molar-refractivity contribution < 1.29 is 14.3 Å². The highest BCUT2D eigenvalue weighted by Gasteiger charge is 2.26. The molecule has 4 nitrogen and oxygen atoms in total. The Morgan fingerprint density at radius 3 is 1.93 bits per heavy atom. The smallest absolute Gasteiger partial charge is 0.338 e. The van der Waals surface area contributed by atoms with Crippen LogP contribution in [0.1, 0.15) is 54.3 Å². The van der Waals surface area contributed by atoms with Crippen molar-refractivity contribution in [2.45, 2.75) is 39.7 Å². The van der Waals surface area contributed by atoms with E-state index in [9.17, 15) is 9.59 Å². The van der Waals surface area contributed by atoms with Crippen LogP contribution in [0.3, 0.4) is 0 Å². The van der Waals surface area contributed by atoms with Gasteiger partial charge in [0, 0.05) is 28.1 Å². The van der Waals surface area contributed by atoms with Gasteiger partial charge in [-0.15, -0.1) is 0 Å². The van der Waals surface area contributed by atoms with Crippen LogP contribution in [0.15, 0.2) is 48.5 Å². The van der Waals surface area contributed by atoms with Crippen molar-refractivity contribution >= 4 is 35.1 Å². The monoisotopic (exact) mass is 435 g/mol. The van der Waals surface area contributed by atoms with Gasteiger partial charge in [0.15, 0.2) is 0 Å². The predicted molar refractivity (Wildman–Crippen MR) is 118 cm³/mol. The number of nitrogens with one attached hydrogen (secondary N) is 1. The summed E-state index contributed by atoms with van der Waals surface area (Å²) in [7, 11) is 0. The van der Waals surface area contributed by atoms with Crippen molar-refractivity contribution in [3.8, 4) is 0 Å². The number of carbonyl (C=O) groups is 2. The van der Waals surface area contributed by atoms with Gasteiger partial charge in [-0.3, -0.25) is 4.79 Å². The van der Waals surface area contributed by atoms with Gasteiger partial charge >= 0.3 is 5.97 Å². The summed E-state index contributed by atoms with van der Waals surface area (Å²) >= 11 is 11.8. The Morgan fingerprint density at radius 1 is 0.931 bits per heavy atom. The van der Waals surface area contributed by atoms with Crippen LogP contribution in [0.5, 0.6) is 0 Å². The molecule has 0 fully saturated rings. The summed E-state index contributed by atoms with van der Waals surface area (Å²) < 4.78 is 5.79. The number of benzene rings is 2. The number of hydrogen-bond acceptors (Lipinski definition) is 3. The second-order valence-electron chi connectivity index (χ2n) is 7.47. The average Bonchev–Trinajstić information content (AvgIpc) is 2.69. The van der Waals surface area contributed by atoms with Gasteiger partial charge in [0.05, 0.1) is 5.56 Å². The van der Waals surface area contributed by atoms with E-state index in [-0.39, 0.29) is 23.9 Å². The first-order valence-electron chi connectivity index (χ1n) is 9.80. The van der Waals surface area contributed by atoms with Gasteiger partial charge in [0.25, 0.3) is 5.91 Å². The minimum absolute atomic E-state index is 0.00694. The molecule has 0 heterocycles. The van der Waals surface area contributed by atoms with Crippen LogP contribution >= 0.6 is 23.2 Å². The van der Waals surface area contributed by atoms with Crippen molar-refractivity contribution in [3.63, 3.8) is 0 Å². The van der Waals surface area contributed by atoms with Gasteiger partial charge in [-0.2, -0.15) is 0 Å². The molecule has 2 aromatic rings. The maximum atomic E-state index is 12.5. The van der Waals surface area contributed by atoms with Gasteiger partial charge in [0.1, 0.15) is 6.10 Å². The quantitative estimate of drug-likeness (QED) is 0.489. The Bertz CT molecular complexity index is 804. The summed E-state index contributed by atoms with van der Waals surface area (Å²) in [4.78, 5) is 25.0. The molecular formula is C23H27Cl2NO3. The number of amides is 1. The van der Waals surface area contributed by atoms with Gasteiger partial charge in [-0.25, -0.2) is 4.79 Å². The zero-order chi connectivity index (χ0) is 21.4. The van der Waals surface area contributed by atoms with Crippen LogP contribution in [0.2, 0.25) is 10.0 Å². The largest absolute Gasteiger partial charge is 0.458 e. The first-order chi connectivity index (χ1) is 13.8. The van der Waals surface area contributed by atoms with E-state index in [1.165, 1.54) is 0 Å². The molecule has 1 amide bonds. The first-order valence-corrected chi connectivity index (χ1v) is 10.6. The fraction of sp³-hybridized carbons (Fsp3) is 0.391. The first kappa shape index (κ1) is 23.2. The zero-order valence-corrected chi connectivity index (χ0v) is 18.5. The lowest BCUT2D eigenvalue weighted by atomic mass is 9.90. The van der Waals surface area contributed by atoms with Crippen molar-refractivity contribution in [2.24, 2.45) is 11.8 Å². The van der Waals surface area contributed by atoms with Crippen LogP contribution < -0.4 is 5.32 Å². The third kappa shape index (κ3) is 7.37. The maximum absolute atomic E-state index is 12.5. The summed E-state index contributed by atoms with van der Waals surface area (Å²) in [5.41, 5.74) is 1.00. The van der Waals surface area contributed by atoms with E-state index in [0.717, 1.165) is 6.42 Å². The lowest BCUT2D eigenvalue weighted by Gasteiger charge is -2.28. The summed E-state index contributed by atoms with van der Waals surface area (Å²) in [6.45, 7) is 6.63. The number of hydrogen-bond donors (Lipinski definition) is 1. The number of ether oxygens (including phenoxy) is 1. The van der Waals surface area contributed by atoms with Crippen molar-refractivity contribution in [3.05, 3.63) is 69.7 Å². The summed E-state index contributed by atoms with van der Waals surface area (Å²) in [6, 6.07) is 13.4. The summed E-state index contributed by atoms with van der Waals surface area (Å²) in [5.74, 6) is -0.149. The Hall–Kier alpha value is -2.04. The molecule has 0 spiro atoms. The molecule has 1 N–H and O–H groups in total. The highest BCUT2D eigenvalue weighted by atomic mass is 35.5. The van der Waals surface area contributed by atoms with Gasteiger partial charge < -0.3 is 10.1 Å². The number of carbonyl (C=O) groups excluding carboxylic acids is 2. The topological polar surface area (TPSA) is 55.4 Å². The lowest BCUT2D eigenvalue weighted by Crippen LogP contribution is -2.37. The third-order valence-corrected chi connectivity index (χ3v) is 5.18. The van der Waals surface area contributed by atoms with Gasteiger partial charge in [-0.05, 0) is 67.3 Å². The molecule has 0 aliphatic heterocycles. The van der Waals surface area contributed by atoms with Crippen LogP contribution in [-0.4, -0.2) is 24.5 Å². The van der Waals surface area contributed by atoms with Crippen molar-refractivity contribution in [1.82, 2.24) is 5.32 Å². The Kier molecular flexibility index (Phi) is 8.99. The molecule has 0 bridgehead atoms. The highest BCUT2D eigenvalue weighted by Crippen LogP contribution is 2.22. The predicted octanol–water partition coefficient (Wildman–Crippen LogP) is 6.02. The minimum Gasteiger partial charge on any atom is -0.458 e. The van der Waals surface area contributed by atoms with Crippen LogP contribution in [-0.2, 0) is 4.74 Å². The van der Waals surface area contributed by atoms with Crippen LogP contribution in [0, 0.1) is 11.8 Å². The van der Waals surface area contributed by atoms with E-state index in [1.54, 1.807) is 48.5 Å². The van der Waals surface area contributed by atoms with E-state index in [2.05, 4.69) is 19.2 Å². The van der Waals surface area contributed by atoms with E-state index in [1.807, 2.05) is 6.92 Å². The van der Waals surface area contributed by atoms with Gasteiger partial charge in [-0.1, -0.05) is 44.0 Å². The van der Waals surface area contributed by atoms with E-state index >= 15 is 0 Å². The minimum atomic E-state index is -0.383. The normalized spacial score (nSPS) is 13.0. The second-order valence-corrected chi connectivity index (χ2v) is 8.34. The molecule has 0 aromatic heterocycles. The molecule has 29 heavy (non-hydrogen) atoms. The molecule has 6 heteroatoms. The van der Waals surface area contributed by atoms with Crippen molar-refractivity contribution in [2.75, 3.05) is 6.54 Å². The summed E-state index contributed by atoms with van der Waals surface area (Å²) in [5, 5.41) is 4.12. The number of esters is 1. The maximum Gasteiger partial charge on any atom is 0.338 e. The SMILES string of the molecule is CCC(OC(=O)c1ccc(Cl)cc1)C(CNC(=O)c1ccc(Cl)cc1)CC(C)C. The zero-order valence-electron chi connectivity index (χ0n) is 17.0. The Balaban J connectivity index is 2.05. The van der Waals surface area contributed by atoms with Gasteiger partial charge in [0.2, 0.25) is 0 Å². The van der Waals surface area contributed by atoms with E-state index < -0.39 is 0 Å². The summed E-state index contributed by atoms with van der Waals surface area (Å²) in [6.07, 6.45) is 1.19. The molecule has 0 radical (unpaired) electrons. The molecule has 2 unspecified atom stereocenters. The third-order valence-electron chi connectivity index (χ3n) is 4.67. The molecule has 0 aliphatic rings. The fourth-order valence-electron chi connectivity index (χ4n) is 3.20. The molecule has 2 atom stereocenters. The Labute approximate surface area is 182 Å². The molecule has 0 saturated heterocycles. The highest BCUT2D eigenvalue weighted by molar-refractivity contribution is 6.31. The number of rotatable bonds is 9. The molecular weight excluding hydrogens is 409 g/mol. The van der Waals surface area contributed by atoms with Crippen molar-refractivity contribution in [1.29, 1.82) is 0 Å². The van der Waals surface area contributed by atoms with Crippen LogP contribution in [0.25, 0.3) is 0 Å². The fourth-order valence-corrected chi connectivity index (χ4v) is 3.46. The molecule has 0 saturated carbocycles. The second kappa shape index (κ2) is 11.2. The number of halogens is 2. The molecule has 2 rings (SSSR count). The standard InChI is InChI=1S/C23H27Cl2NO3/c1-4-21(29-23(28)17-7-11-20(25)12-8-17)18(13-15(2)3)14-26-22(27)16-5-9-19(24)10-6-16/h5-12,15,18,21H,4,13-14H2,1-3H3,(H,26,27). The Morgan fingerprint density at radius 2 is 1.45 bits per heavy atom. The van der Waals surface area contributed by atoms with E-state index in [4.69, 9.17) is 27.9 Å². The molecule has 2 aromatic carbocycles. The van der Waals surface area contributed by atoms with E-state index in [0.29, 0.717) is 40.1 Å². The molecule has 0 aliphatic carbocycles.